The third kappa shape index (κ3) is 4.30. The molecule has 3 rings (SSSR count). The fraction of sp³-hybridized carbons (Fsp3) is 0.158. The summed E-state index contributed by atoms with van der Waals surface area (Å²) in [4.78, 5) is 38.7. The number of benzene rings is 1. The largest absolute Gasteiger partial charge is 0.481 e. The van der Waals surface area contributed by atoms with Crippen molar-refractivity contribution in [2.24, 2.45) is 0 Å². The van der Waals surface area contributed by atoms with Crippen molar-refractivity contribution in [1.82, 2.24) is 14.7 Å². The molecule has 3 aromatic rings. The van der Waals surface area contributed by atoms with Gasteiger partial charge in [-0.1, -0.05) is 30.3 Å². The Labute approximate surface area is 154 Å². The Balaban J connectivity index is 1.80. The van der Waals surface area contributed by atoms with Gasteiger partial charge in [0.05, 0.1) is 5.69 Å². The fourth-order valence-electron chi connectivity index (χ4n) is 2.64. The van der Waals surface area contributed by atoms with Crippen LogP contribution in [0.3, 0.4) is 0 Å². The monoisotopic (exact) mass is 367 g/mol. The van der Waals surface area contributed by atoms with Gasteiger partial charge in [0.1, 0.15) is 11.7 Å². The van der Waals surface area contributed by atoms with Gasteiger partial charge in [0.25, 0.3) is 5.91 Å². The number of hydrogen-bond acceptors (Lipinski definition) is 4. The fourth-order valence-corrected chi connectivity index (χ4v) is 2.64. The van der Waals surface area contributed by atoms with Crippen molar-refractivity contribution in [3.8, 4) is 11.3 Å². The maximum absolute atomic E-state index is 12.4. The molecular formula is C19H17N3O5. The lowest BCUT2D eigenvalue weighted by Crippen LogP contribution is -2.41. The molecule has 0 aliphatic carbocycles. The van der Waals surface area contributed by atoms with E-state index in [2.05, 4.69) is 10.3 Å². The number of fused-ring (bicyclic) bond motifs is 1. The van der Waals surface area contributed by atoms with Gasteiger partial charge in [0, 0.05) is 29.9 Å². The summed E-state index contributed by atoms with van der Waals surface area (Å²) >= 11 is 0. The normalized spacial score (nSPS) is 11.9. The number of carbonyl (C=O) groups excluding carboxylic acids is 1. The molecule has 1 atom stereocenters. The van der Waals surface area contributed by atoms with E-state index in [1.54, 1.807) is 22.7 Å². The van der Waals surface area contributed by atoms with E-state index < -0.39 is 23.9 Å². The second-order valence-electron chi connectivity index (χ2n) is 5.97. The van der Waals surface area contributed by atoms with E-state index in [-0.39, 0.29) is 18.4 Å². The zero-order chi connectivity index (χ0) is 19.4. The Morgan fingerprint density at radius 1 is 1.11 bits per heavy atom. The third-order valence-corrected chi connectivity index (χ3v) is 4.04. The van der Waals surface area contributed by atoms with Gasteiger partial charge in [0.15, 0.2) is 0 Å². The van der Waals surface area contributed by atoms with E-state index in [9.17, 15) is 14.4 Å². The van der Waals surface area contributed by atoms with Crippen LogP contribution in [0.15, 0.2) is 54.9 Å². The first-order valence-electron chi connectivity index (χ1n) is 8.23. The Hall–Kier alpha value is -3.68. The SMILES string of the molecule is O=C(O)CC[C@H](NC(=O)c1ccn2cc(-c3ccccc3)nc2c1)C(=O)O. The van der Waals surface area contributed by atoms with Gasteiger partial charge in [-0.05, 0) is 18.6 Å². The van der Waals surface area contributed by atoms with Crippen molar-refractivity contribution in [3.63, 3.8) is 0 Å². The van der Waals surface area contributed by atoms with Gasteiger partial charge in [0.2, 0.25) is 0 Å². The summed E-state index contributed by atoms with van der Waals surface area (Å²) in [7, 11) is 0. The molecule has 2 heterocycles. The quantitative estimate of drug-likeness (QED) is 0.588. The predicted octanol–water partition coefficient (Wildman–Crippen LogP) is 2.05. The molecule has 0 spiro atoms. The first kappa shape index (κ1) is 18.1. The van der Waals surface area contributed by atoms with E-state index >= 15 is 0 Å². The van der Waals surface area contributed by atoms with Crippen molar-refractivity contribution >= 4 is 23.5 Å². The van der Waals surface area contributed by atoms with Crippen LogP contribution in [0.25, 0.3) is 16.9 Å². The van der Waals surface area contributed by atoms with Gasteiger partial charge in [-0.15, -0.1) is 0 Å². The summed E-state index contributed by atoms with van der Waals surface area (Å²) in [6.45, 7) is 0. The Bertz CT molecular complexity index is 997. The number of amides is 1. The summed E-state index contributed by atoms with van der Waals surface area (Å²) in [5.41, 5.74) is 2.47. The Morgan fingerprint density at radius 3 is 2.52 bits per heavy atom. The van der Waals surface area contributed by atoms with Crippen LogP contribution >= 0.6 is 0 Å². The maximum Gasteiger partial charge on any atom is 0.326 e. The van der Waals surface area contributed by atoms with Gasteiger partial charge in [-0.25, -0.2) is 9.78 Å². The highest BCUT2D eigenvalue weighted by Gasteiger charge is 2.22. The molecule has 0 aliphatic rings. The van der Waals surface area contributed by atoms with Crippen LogP contribution in [0.5, 0.6) is 0 Å². The highest BCUT2D eigenvalue weighted by Crippen LogP contribution is 2.19. The minimum Gasteiger partial charge on any atom is -0.481 e. The van der Waals surface area contributed by atoms with Crippen LogP contribution in [-0.2, 0) is 9.59 Å². The van der Waals surface area contributed by atoms with Crippen LogP contribution in [0.4, 0.5) is 0 Å². The number of nitrogens with zero attached hydrogens (tertiary/aromatic N) is 2. The average molecular weight is 367 g/mol. The second-order valence-corrected chi connectivity index (χ2v) is 5.97. The smallest absolute Gasteiger partial charge is 0.326 e. The topological polar surface area (TPSA) is 121 Å². The molecule has 1 aromatic carbocycles. The van der Waals surface area contributed by atoms with Gasteiger partial charge in [-0.3, -0.25) is 9.59 Å². The van der Waals surface area contributed by atoms with Crippen molar-refractivity contribution in [1.29, 1.82) is 0 Å². The summed E-state index contributed by atoms with van der Waals surface area (Å²) in [5.74, 6) is -3.00. The molecule has 0 unspecified atom stereocenters. The molecule has 3 N–H and O–H groups in total. The number of carbonyl (C=O) groups is 3. The number of nitrogens with one attached hydrogen (secondary N) is 1. The second kappa shape index (κ2) is 7.69. The van der Waals surface area contributed by atoms with Crippen molar-refractivity contribution < 1.29 is 24.6 Å². The zero-order valence-corrected chi connectivity index (χ0v) is 14.2. The molecular weight excluding hydrogens is 350 g/mol. The van der Waals surface area contributed by atoms with Crippen LogP contribution in [0, 0.1) is 0 Å². The third-order valence-electron chi connectivity index (χ3n) is 4.04. The van der Waals surface area contributed by atoms with E-state index in [0.717, 1.165) is 11.3 Å². The van der Waals surface area contributed by atoms with Crippen molar-refractivity contribution in [2.75, 3.05) is 0 Å². The zero-order valence-electron chi connectivity index (χ0n) is 14.2. The van der Waals surface area contributed by atoms with Crippen molar-refractivity contribution in [2.45, 2.75) is 18.9 Å². The number of pyridine rings is 1. The van der Waals surface area contributed by atoms with Gasteiger partial charge in [-0.2, -0.15) is 0 Å². The summed E-state index contributed by atoms with van der Waals surface area (Å²) in [6, 6.07) is 11.4. The van der Waals surface area contributed by atoms with E-state index in [4.69, 9.17) is 10.2 Å². The minimum absolute atomic E-state index is 0.194. The molecule has 1 amide bonds. The van der Waals surface area contributed by atoms with Gasteiger partial charge >= 0.3 is 11.9 Å². The summed E-state index contributed by atoms with van der Waals surface area (Å²) in [6.07, 6.45) is 2.95. The van der Waals surface area contributed by atoms with E-state index in [1.165, 1.54) is 0 Å². The number of rotatable bonds is 7. The number of hydrogen-bond donors (Lipinski definition) is 3. The van der Waals surface area contributed by atoms with Crippen LogP contribution in [0.2, 0.25) is 0 Å². The first-order chi connectivity index (χ1) is 12.9. The number of carboxylic acid groups (broad SMARTS) is 2. The molecule has 27 heavy (non-hydrogen) atoms. The lowest BCUT2D eigenvalue weighted by atomic mass is 10.1. The molecule has 0 saturated carbocycles. The molecule has 0 fully saturated rings. The van der Waals surface area contributed by atoms with Gasteiger partial charge < -0.3 is 19.9 Å². The lowest BCUT2D eigenvalue weighted by Gasteiger charge is -2.13. The van der Waals surface area contributed by atoms with Crippen LogP contribution in [0.1, 0.15) is 23.2 Å². The summed E-state index contributed by atoms with van der Waals surface area (Å²) in [5, 5.41) is 20.2. The molecule has 8 nitrogen and oxygen atoms in total. The molecule has 2 aromatic heterocycles. The van der Waals surface area contributed by atoms with E-state index in [0.29, 0.717) is 5.65 Å². The Kier molecular flexibility index (Phi) is 5.16. The highest BCUT2D eigenvalue weighted by molar-refractivity contribution is 5.97. The number of carboxylic acids is 2. The number of aliphatic carboxylic acids is 2. The summed E-state index contributed by atoms with van der Waals surface area (Å²) < 4.78 is 1.76. The highest BCUT2D eigenvalue weighted by atomic mass is 16.4. The standard InChI is InChI=1S/C19H17N3O5/c23-17(24)7-6-14(19(26)27)21-18(25)13-8-9-22-11-15(20-16(22)10-13)12-4-2-1-3-5-12/h1-5,8-11,14H,6-7H2,(H,21,25)(H,23,24)(H,26,27)/t14-/m0/s1. The van der Waals surface area contributed by atoms with Crippen LogP contribution < -0.4 is 5.32 Å². The minimum atomic E-state index is -1.28. The van der Waals surface area contributed by atoms with Crippen molar-refractivity contribution in [3.05, 3.63) is 60.4 Å². The molecule has 8 heteroatoms. The van der Waals surface area contributed by atoms with E-state index in [1.807, 2.05) is 36.5 Å². The first-order valence-corrected chi connectivity index (χ1v) is 8.23. The average Bonchev–Trinajstić information content (AvgIpc) is 3.08. The number of imidazole rings is 1. The molecule has 0 saturated heterocycles. The molecule has 0 radical (unpaired) electrons. The maximum atomic E-state index is 12.4. The number of aromatic nitrogens is 2. The predicted molar refractivity (Wildman–Crippen MR) is 96.4 cm³/mol. The Morgan fingerprint density at radius 2 is 1.85 bits per heavy atom. The molecule has 0 aliphatic heterocycles. The molecule has 0 bridgehead atoms. The van der Waals surface area contributed by atoms with Crippen LogP contribution in [-0.4, -0.2) is 43.5 Å². The molecule has 138 valence electrons. The lowest BCUT2D eigenvalue weighted by molar-refractivity contribution is -0.140.